The van der Waals surface area contributed by atoms with Gasteiger partial charge in [-0.05, 0) is 42.2 Å². The molecule has 0 spiro atoms. The van der Waals surface area contributed by atoms with E-state index in [0.717, 1.165) is 32.6 Å². The minimum Gasteiger partial charge on any atom is -0.350 e. The van der Waals surface area contributed by atoms with E-state index in [4.69, 9.17) is 0 Å². The lowest BCUT2D eigenvalue weighted by Crippen LogP contribution is -2.44. The van der Waals surface area contributed by atoms with Crippen LogP contribution in [0.4, 0.5) is 5.69 Å². The van der Waals surface area contributed by atoms with Gasteiger partial charge in [0, 0.05) is 52.9 Å². The lowest BCUT2D eigenvalue weighted by molar-refractivity contribution is -0.119. The molecule has 0 aliphatic carbocycles. The molecule has 0 unspecified atom stereocenters. The largest absolute Gasteiger partial charge is 0.350 e. The first-order valence-corrected chi connectivity index (χ1v) is 12.1. The maximum Gasteiger partial charge on any atom is 0.254 e. The summed E-state index contributed by atoms with van der Waals surface area (Å²) in [6, 6.07) is 23.0. The van der Waals surface area contributed by atoms with E-state index in [1.807, 2.05) is 80.2 Å². The second kappa shape index (κ2) is 8.45. The Kier molecular flexibility index (Phi) is 5.46. The van der Waals surface area contributed by atoms with Gasteiger partial charge < -0.3 is 14.8 Å². The third-order valence-corrected chi connectivity index (χ3v) is 7.17. The van der Waals surface area contributed by atoms with Crippen LogP contribution in [0.2, 0.25) is 0 Å². The summed E-state index contributed by atoms with van der Waals surface area (Å²) in [5.41, 5.74) is 4.13. The van der Waals surface area contributed by atoms with Gasteiger partial charge in [0.15, 0.2) is 0 Å². The van der Waals surface area contributed by atoms with Crippen molar-refractivity contribution in [3.05, 3.63) is 95.7 Å². The van der Waals surface area contributed by atoms with Crippen LogP contribution in [-0.4, -0.2) is 34.6 Å². The fraction of sp³-hybridized carbons (Fsp3) is 0.185. The molecule has 0 fully saturated rings. The van der Waals surface area contributed by atoms with Crippen molar-refractivity contribution in [2.45, 2.75) is 16.9 Å². The van der Waals surface area contributed by atoms with E-state index in [-0.39, 0.29) is 11.8 Å². The highest BCUT2D eigenvalue weighted by molar-refractivity contribution is 7.98. The molecule has 0 bridgehead atoms. The van der Waals surface area contributed by atoms with Crippen LogP contribution < -0.4 is 5.32 Å². The van der Waals surface area contributed by atoms with Crippen LogP contribution in [0.25, 0.3) is 10.9 Å². The number of hydrogen-bond donors (Lipinski definition) is 1. The number of para-hydroxylation sites is 1. The SMILES string of the molecule is CSc1cccc(NC(=O)[C@@H]2c3ccccc3C(=O)N(C)[C@H]2c2cn(C)c3ccccc23)c1. The Balaban J connectivity index is 1.66. The molecule has 2 heterocycles. The highest BCUT2D eigenvalue weighted by Gasteiger charge is 2.43. The summed E-state index contributed by atoms with van der Waals surface area (Å²) >= 11 is 1.63. The Labute approximate surface area is 197 Å². The number of aromatic nitrogens is 1. The van der Waals surface area contributed by atoms with Crippen molar-refractivity contribution in [2.75, 3.05) is 18.6 Å². The van der Waals surface area contributed by atoms with Gasteiger partial charge in [-0.1, -0.05) is 42.5 Å². The molecule has 2 amide bonds. The van der Waals surface area contributed by atoms with Gasteiger partial charge in [0.1, 0.15) is 0 Å². The molecule has 5 nitrogen and oxygen atoms in total. The van der Waals surface area contributed by atoms with Crippen molar-refractivity contribution in [3.8, 4) is 0 Å². The Morgan fingerprint density at radius 1 is 0.939 bits per heavy atom. The molecule has 5 rings (SSSR count). The van der Waals surface area contributed by atoms with E-state index in [0.29, 0.717) is 5.56 Å². The Bertz CT molecular complexity index is 1380. The third-order valence-electron chi connectivity index (χ3n) is 6.45. The zero-order valence-electron chi connectivity index (χ0n) is 18.8. The lowest BCUT2D eigenvalue weighted by Gasteiger charge is -2.39. The van der Waals surface area contributed by atoms with Crippen LogP contribution in [0.15, 0.2) is 83.9 Å². The number of likely N-dealkylation sites (N-methyl/N-ethyl adjacent to an activating group) is 1. The van der Waals surface area contributed by atoms with Crippen LogP contribution >= 0.6 is 11.8 Å². The predicted molar refractivity (Wildman–Crippen MR) is 134 cm³/mol. The summed E-state index contributed by atoms with van der Waals surface area (Å²) in [5.74, 6) is -0.748. The molecular weight excluding hydrogens is 430 g/mol. The zero-order valence-corrected chi connectivity index (χ0v) is 19.6. The molecule has 6 heteroatoms. The molecule has 1 aliphatic heterocycles. The molecule has 2 atom stereocenters. The Hall–Kier alpha value is -3.51. The first kappa shape index (κ1) is 21.3. The molecule has 1 N–H and O–H groups in total. The highest BCUT2D eigenvalue weighted by atomic mass is 32.2. The van der Waals surface area contributed by atoms with Crippen molar-refractivity contribution < 1.29 is 9.59 Å². The molecule has 0 saturated heterocycles. The Morgan fingerprint density at radius 2 is 1.70 bits per heavy atom. The van der Waals surface area contributed by atoms with E-state index in [1.54, 1.807) is 23.7 Å². The molecular formula is C27H25N3O2S. The predicted octanol–water partition coefficient (Wildman–Crippen LogP) is 5.45. The van der Waals surface area contributed by atoms with Crippen molar-refractivity contribution in [3.63, 3.8) is 0 Å². The quantitative estimate of drug-likeness (QED) is 0.417. The van der Waals surface area contributed by atoms with Crippen LogP contribution in [0.3, 0.4) is 0 Å². The second-order valence-corrected chi connectivity index (χ2v) is 9.24. The van der Waals surface area contributed by atoms with E-state index < -0.39 is 12.0 Å². The van der Waals surface area contributed by atoms with Gasteiger partial charge in [-0.25, -0.2) is 0 Å². The number of thioether (sulfide) groups is 1. The summed E-state index contributed by atoms with van der Waals surface area (Å²) in [6.07, 6.45) is 4.05. The molecule has 0 saturated carbocycles. The highest BCUT2D eigenvalue weighted by Crippen LogP contribution is 2.44. The van der Waals surface area contributed by atoms with Crippen LogP contribution in [0.1, 0.15) is 33.4 Å². The minimum atomic E-state index is -0.548. The molecule has 1 aliphatic rings. The van der Waals surface area contributed by atoms with E-state index in [2.05, 4.69) is 22.0 Å². The van der Waals surface area contributed by atoms with Crippen LogP contribution in [0.5, 0.6) is 0 Å². The van der Waals surface area contributed by atoms with Gasteiger partial charge in [-0.3, -0.25) is 9.59 Å². The summed E-state index contributed by atoms with van der Waals surface area (Å²) in [5, 5.41) is 4.17. The van der Waals surface area contributed by atoms with E-state index in [9.17, 15) is 9.59 Å². The van der Waals surface area contributed by atoms with E-state index >= 15 is 0 Å². The first-order chi connectivity index (χ1) is 16.0. The molecule has 166 valence electrons. The number of amides is 2. The topological polar surface area (TPSA) is 54.3 Å². The van der Waals surface area contributed by atoms with Crippen molar-refractivity contribution in [1.29, 1.82) is 0 Å². The normalized spacial score (nSPS) is 17.8. The zero-order chi connectivity index (χ0) is 23.1. The Morgan fingerprint density at radius 3 is 2.52 bits per heavy atom. The number of benzene rings is 3. The maximum absolute atomic E-state index is 13.8. The number of nitrogens with one attached hydrogen (secondary N) is 1. The third kappa shape index (κ3) is 3.60. The number of fused-ring (bicyclic) bond motifs is 2. The van der Waals surface area contributed by atoms with Gasteiger partial charge in [0.05, 0.1) is 12.0 Å². The number of hydrogen-bond acceptors (Lipinski definition) is 3. The van der Waals surface area contributed by atoms with Crippen LogP contribution in [0, 0.1) is 0 Å². The molecule has 33 heavy (non-hydrogen) atoms. The second-order valence-electron chi connectivity index (χ2n) is 8.36. The maximum atomic E-state index is 13.8. The fourth-order valence-electron chi connectivity index (χ4n) is 4.88. The van der Waals surface area contributed by atoms with Gasteiger partial charge >= 0.3 is 0 Å². The number of aryl methyl sites for hydroxylation is 1. The minimum absolute atomic E-state index is 0.0723. The monoisotopic (exact) mass is 455 g/mol. The summed E-state index contributed by atoms with van der Waals surface area (Å²) < 4.78 is 2.06. The van der Waals surface area contributed by atoms with E-state index in [1.165, 1.54) is 0 Å². The van der Waals surface area contributed by atoms with Crippen molar-refractivity contribution in [1.82, 2.24) is 9.47 Å². The van der Waals surface area contributed by atoms with Gasteiger partial charge in [-0.2, -0.15) is 0 Å². The summed E-state index contributed by atoms with van der Waals surface area (Å²) in [7, 11) is 3.78. The lowest BCUT2D eigenvalue weighted by atomic mass is 9.79. The van der Waals surface area contributed by atoms with Crippen molar-refractivity contribution in [2.24, 2.45) is 7.05 Å². The standard InChI is InChI=1S/C27H25N3O2S/c1-29-16-22(19-11-6-7-14-23(19)29)25-24(20-12-4-5-13-21(20)27(32)30(25)2)26(31)28-17-9-8-10-18(15-17)33-3/h4-16,24-25H,1-3H3,(H,28,31)/t24-,25+/m1/s1. The molecule has 1 aromatic heterocycles. The fourth-order valence-corrected chi connectivity index (χ4v) is 5.33. The number of nitrogens with zero attached hydrogens (tertiary/aromatic N) is 2. The van der Waals surface area contributed by atoms with Gasteiger partial charge in [0.2, 0.25) is 5.91 Å². The average molecular weight is 456 g/mol. The average Bonchev–Trinajstić information content (AvgIpc) is 3.17. The number of carbonyl (C=O) groups excluding carboxylic acids is 2. The first-order valence-electron chi connectivity index (χ1n) is 10.8. The number of carbonyl (C=O) groups is 2. The summed E-state index contributed by atoms with van der Waals surface area (Å²) in [6.45, 7) is 0. The molecule has 0 radical (unpaired) electrons. The van der Waals surface area contributed by atoms with Gasteiger partial charge in [0.25, 0.3) is 5.91 Å². The number of rotatable bonds is 4. The number of anilines is 1. The van der Waals surface area contributed by atoms with Crippen LogP contribution in [-0.2, 0) is 11.8 Å². The van der Waals surface area contributed by atoms with Crippen molar-refractivity contribution >= 4 is 40.2 Å². The molecule has 4 aromatic rings. The molecule has 3 aromatic carbocycles. The summed E-state index contributed by atoms with van der Waals surface area (Å²) in [4.78, 5) is 30.0. The smallest absolute Gasteiger partial charge is 0.254 e. The van der Waals surface area contributed by atoms with Gasteiger partial charge in [-0.15, -0.1) is 11.8 Å².